The minimum atomic E-state index is 0.173. The monoisotopic (exact) mass is 736 g/mol. The van der Waals surface area contributed by atoms with Crippen molar-refractivity contribution in [1.29, 1.82) is 0 Å². The first-order chi connectivity index (χ1) is 17.2. The molecule has 0 radical (unpaired) electrons. The van der Waals surface area contributed by atoms with Gasteiger partial charge in [0, 0.05) is 17.3 Å². The van der Waals surface area contributed by atoms with E-state index in [1.807, 2.05) is 48.5 Å². The number of hydrogen-bond donors (Lipinski definition) is 2. The molecule has 0 aliphatic carbocycles. The molecule has 0 fully saturated rings. The van der Waals surface area contributed by atoms with Crippen LogP contribution in [0.3, 0.4) is 0 Å². The van der Waals surface area contributed by atoms with Crippen molar-refractivity contribution >= 4 is 75.1 Å². The van der Waals surface area contributed by atoms with Crippen LogP contribution in [0, 0.1) is 0 Å². The quantitative estimate of drug-likeness (QED) is 0.177. The van der Waals surface area contributed by atoms with E-state index in [0.717, 1.165) is 30.7 Å². The average molecular weight is 740 g/mol. The molecule has 186 valence electrons. The molecule has 4 N–H and O–H groups in total. The fraction of sp³-hybridized carbons (Fsp3) is 0.143. The second-order valence-corrected chi connectivity index (χ2v) is 11.7. The van der Waals surface area contributed by atoms with E-state index in [1.54, 1.807) is 0 Å². The molecular weight excluding hydrogens is 716 g/mol. The summed E-state index contributed by atoms with van der Waals surface area (Å²) in [4.78, 5) is 0. The number of rotatable bonds is 8. The SMILES string of the molecule is CCCC(c1cc(Br)c(Oc2ccc(N)cc2)c(Br)c1)c1cc(Br)c(Oc2ccc(N)cc2)c(Br)c1. The summed E-state index contributed by atoms with van der Waals surface area (Å²) < 4.78 is 15.7. The maximum absolute atomic E-state index is 6.12. The van der Waals surface area contributed by atoms with Gasteiger partial charge in [0.2, 0.25) is 0 Å². The molecule has 0 heterocycles. The molecule has 4 nitrogen and oxygen atoms in total. The summed E-state index contributed by atoms with van der Waals surface area (Å²) >= 11 is 14.9. The lowest BCUT2D eigenvalue weighted by Crippen LogP contribution is -2.03. The van der Waals surface area contributed by atoms with Gasteiger partial charge in [-0.2, -0.15) is 0 Å². The predicted octanol–water partition coefficient (Wildman–Crippen LogP) is 10.4. The van der Waals surface area contributed by atoms with Crippen LogP contribution in [0.15, 0.2) is 90.7 Å². The number of ether oxygens (including phenoxy) is 2. The number of nitrogen functional groups attached to an aromatic ring is 2. The summed E-state index contributed by atoms with van der Waals surface area (Å²) in [5, 5.41) is 0. The van der Waals surface area contributed by atoms with Crippen LogP contribution >= 0.6 is 63.7 Å². The van der Waals surface area contributed by atoms with E-state index in [1.165, 1.54) is 11.1 Å². The van der Waals surface area contributed by atoms with Crippen LogP contribution < -0.4 is 20.9 Å². The van der Waals surface area contributed by atoms with E-state index in [9.17, 15) is 0 Å². The van der Waals surface area contributed by atoms with Crippen molar-refractivity contribution in [3.8, 4) is 23.0 Å². The number of anilines is 2. The summed E-state index contributed by atoms with van der Waals surface area (Å²) in [6.07, 6.45) is 2.01. The first-order valence-corrected chi connectivity index (χ1v) is 14.5. The van der Waals surface area contributed by atoms with E-state index in [-0.39, 0.29) is 5.92 Å². The standard InChI is InChI=1S/C28H24Br4N2O2/c1-2-3-22(16-12-23(29)27(24(30)13-16)35-20-8-4-18(33)5-9-20)17-14-25(31)28(26(32)15-17)36-21-10-6-19(34)7-11-21/h4-15,22H,2-3,33-34H2,1H3. The van der Waals surface area contributed by atoms with Gasteiger partial charge in [0.15, 0.2) is 11.5 Å². The van der Waals surface area contributed by atoms with Gasteiger partial charge in [-0.25, -0.2) is 0 Å². The zero-order chi connectivity index (χ0) is 25.8. The molecule has 4 rings (SSSR count). The summed E-state index contributed by atoms with van der Waals surface area (Å²) in [6, 6.07) is 23.2. The van der Waals surface area contributed by atoms with E-state index < -0.39 is 0 Å². The zero-order valence-corrected chi connectivity index (χ0v) is 25.7. The Bertz CT molecular complexity index is 1210. The van der Waals surface area contributed by atoms with Gasteiger partial charge in [-0.1, -0.05) is 13.3 Å². The van der Waals surface area contributed by atoms with Crippen molar-refractivity contribution in [2.45, 2.75) is 25.7 Å². The first-order valence-electron chi connectivity index (χ1n) is 11.3. The molecule has 0 aliphatic rings. The topological polar surface area (TPSA) is 70.5 Å². The number of nitrogens with two attached hydrogens (primary N) is 2. The number of hydrogen-bond acceptors (Lipinski definition) is 4. The van der Waals surface area contributed by atoms with E-state index in [4.69, 9.17) is 20.9 Å². The summed E-state index contributed by atoms with van der Waals surface area (Å²) in [6.45, 7) is 2.19. The van der Waals surface area contributed by atoms with E-state index in [0.29, 0.717) is 34.4 Å². The molecule has 36 heavy (non-hydrogen) atoms. The molecule has 0 saturated carbocycles. The van der Waals surface area contributed by atoms with Gasteiger partial charge in [-0.15, -0.1) is 0 Å². The Hall–Kier alpha value is -2.00. The second-order valence-electron chi connectivity index (χ2n) is 8.31. The highest BCUT2D eigenvalue weighted by molar-refractivity contribution is 9.11. The molecule has 4 aromatic carbocycles. The normalized spacial score (nSPS) is 11.1. The minimum Gasteiger partial charge on any atom is -0.455 e. The molecule has 8 heteroatoms. The van der Waals surface area contributed by atoms with Gasteiger partial charge < -0.3 is 20.9 Å². The van der Waals surface area contributed by atoms with Crippen LogP contribution in [0.1, 0.15) is 36.8 Å². The van der Waals surface area contributed by atoms with Crippen LogP contribution in [0.5, 0.6) is 23.0 Å². The van der Waals surface area contributed by atoms with Crippen LogP contribution in [0.25, 0.3) is 0 Å². The molecule has 0 bridgehead atoms. The van der Waals surface area contributed by atoms with Gasteiger partial charge in [0.1, 0.15) is 11.5 Å². The third-order valence-electron chi connectivity index (χ3n) is 5.62. The second kappa shape index (κ2) is 12.0. The first kappa shape index (κ1) is 27.0. The molecule has 4 aromatic rings. The Morgan fingerprint density at radius 1 is 0.611 bits per heavy atom. The minimum absolute atomic E-state index is 0.173. The predicted molar refractivity (Wildman–Crippen MR) is 162 cm³/mol. The molecular formula is C28H24Br4N2O2. The lowest BCUT2D eigenvalue weighted by atomic mass is 9.87. The highest BCUT2D eigenvalue weighted by Crippen LogP contribution is 2.44. The van der Waals surface area contributed by atoms with Crippen molar-refractivity contribution in [2.75, 3.05) is 11.5 Å². The molecule has 0 aliphatic heterocycles. The Labute approximate surface area is 244 Å². The Morgan fingerprint density at radius 2 is 0.944 bits per heavy atom. The van der Waals surface area contributed by atoms with E-state index in [2.05, 4.69) is 94.9 Å². The van der Waals surface area contributed by atoms with Crippen molar-refractivity contribution in [3.63, 3.8) is 0 Å². The van der Waals surface area contributed by atoms with Gasteiger partial charge in [-0.3, -0.25) is 0 Å². The fourth-order valence-electron chi connectivity index (χ4n) is 3.88. The van der Waals surface area contributed by atoms with Crippen LogP contribution in [-0.2, 0) is 0 Å². The van der Waals surface area contributed by atoms with Crippen LogP contribution in [0.2, 0.25) is 0 Å². The van der Waals surface area contributed by atoms with Crippen molar-refractivity contribution < 1.29 is 9.47 Å². The van der Waals surface area contributed by atoms with Gasteiger partial charge in [-0.05, 0) is 154 Å². The third kappa shape index (κ3) is 6.46. The van der Waals surface area contributed by atoms with Gasteiger partial charge in [0.25, 0.3) is 0 Å². The highest BCUT2D eigenvalue weighted by atomic mass is 79.9. The largest absolute Gasteiger partial charge is 0.455 e. The Kier molecular flexibility index (Phi) is 9.04. The zero-order valence-electron chi connectivity index (χ0n) is 19.4. The molecule has 0 aromatic heterocycles. The average Bonchev–Trinajstić information content (AvgIpc) is 2.84. The van der Waals surface area contributed by atoms with Gasteiger partial charge >= 0.3 is 0 Å². The molecule has 0 saturated heterocycles. The Morgan fingerprint density at radius 3 is 1.25 bits per heavy atom. The van der Waals surface area contributed by atoms with E-state index >= 15 is 0 Å². The smallest absolute Gasteiger partial charge is 0.155 e. The lowest BCUT2D eigenvalue weighted by molar-refractivity contribution is 0.475. The lowest BCUT2D eigenvalue weighted by Gasteiger charge is -2.21. The fourth-order valence-corrected chi connectivity index (χ4v) is 6.65. The van der Waals surface area contributed by atoms with Gasteiger partial charge in [0.05, 0.1) is 17.9 Å². The van der Waals surface area contributed by atoms with Crippen LogP contribution in [0.4, 0.5) is 11.4 Å². The van der Waals surface area contributed by atoms with Crippen LogP contribution in [-0.4, -0.2) is 0 Å². The number of benzene rings is 4. The van der Waals surface area contributed by atoms with Crippen molar-refractivity contribution in [1.82, 2.24) is 0 Å². The maximum atomic E-state index is 6.12. The van der Waals surface area contributed by atoms with Crippen molar-refractivity contribution in [2.24, 2.45) is 0 Å². The molecule has 0 unspecified atom stereocenters. The van der Waals surface area contributed by atoms with Crippen molar-refractivity contribution in [3.05, 3.63) is 102 Å². The molecule has 0 amide bonds. The number of halogens is 4. The third-order valence-corrected chi connectivity index (χ3v) is 7.98. The Balaban J connectivity index is 1.65. The molecule has 0 atom stereocenters. The molecule has 0 spiro atoms. The summed E-state index contributed by atoms with van der Waals surface area (Å²) in [5.74, 6) is 3.04. The summed E-state index contributed by atoms with van der Waals surface area (Å²) in [7, 11) is 0. The maximum Gasteiger partial charge on any atom is 0.155 e. The highest BCUT2D eigenvalue weighted by Gasteiger charge is 2.21. The summed E-state index contributed by atoms with van der Waals surface area (Å²) in [5.41, 5.74) is 15.3.